The first-order chi connectivity index (χ1) is 26.4. The molecule has 22 heteroatoms. The maximum Gasteiger partial charge on any atom is 0.327 e. The first-order valence-electron chi connectivity index (χ1n) is 16.6. The second kappa shape index (κ2) is 16.4. The van der Waals surface area contributed by atoms with Gasteiger partial charge in [-0.25, -0.2) is 19.3 Å². The fourth-order valence-electron chi connectivity index (χ4n) is 6.08. The maximum atomic E-state index is 16.8. The molecule has 0 saturated carbocycles. The van der Waals surface area contributed by atoms with E-state index in [1.165, 1.54) is 36.4 Å². The second-order valence-corrected chi connectivity index (χ2v) is 18.1. The van der Waals surface area contributed by atoms with Gasteiger partial charge in [0, 0.05) is 18.7 Å². The van der Waals surface area contributed by atoms with Crippen LogP contribution >= 0.6 is 13.4 Å². The van der Waals surface area contributed by atoms with E-state index in [4.69, 9.17) is 55.7 Å². The maximum absolute atomic E-state index is 16.8. The molecule has 3 aliphatic heterocycles. The average molecular weight is 832 g/mol. The molecule has 9 atom stereocenters. The molecule has 3 fully saturated rings. The standard InChI is InChI=1S/C33H32FN7O10P2S2/c1-18-23-14-47-53(55,45-12-6-10-35)51-29-24(15-46-52(44,54)50-27(18)28(48-23)21-9-11-36-22(13-21)19(2)42)49-33(25(29)34)41-17-39-26-30(37-16-38-31(26)41)40-32(43)20-7-4-3-5-8-20/h3-5,7-9,11,13,16-17,23-25,27-29,33H,1,6,12,14-15H2,2H3,(H,44,54)(H,37,38,40,43)/t23-,24-,25-,27-,28+,29-,33-,52?,53?/m1/s1. The number of carbonyl (C=O) groups is 2. The van der Waals surface area contributed by atoms with Gasteiger partial charge in [-0.1, -0.05) is 24.8 Å². The van der Waals surface area contributed by atoms with E-state index in [0.29, 0.717) is 16.7 Å². The van der Waals surface area contributed by atoms with Gasteiger partial charge in [0.2, 0.25) is 0 Å². The summed E-state index contributed by atoms with van der Waals surface area (Å²) in [4.78, 5) is 53.2. The fraction of sp³-hybridized carbons (Fsp3) is 0.364. The molecule has 0 aliphatic carbocycles. The van der Waals surface area contributed by atoms with E-state index in [0.717, 1.165) is 0 Å². The van der Waals surface area contributed by atoms with Crippen LogP contribution in [-0.4, -0.2) is 91.5 Å². The molecule has 1 amide bonds. The fourth-order valence-corrected chi connectivity index (χ4v) is 9.55. The minimum atomic E-state index is -4.17. The number of amides is 1. The van der Waals surface area contributed by atoms with Crippen molar-refractivity contribution in [2.24, 2.45) is 0 Å². The number of hydrogen-bond acceptors (Lipinski definition) is 16. The molecule has 7 rings (SSSR count). The van der Waals surface area contributed by atoms with Crippen molar-refractivity contribution >= 4 is 65.7 Å². The van der Waals surface area contributed by atoms with Gasteiger partial charge in [0.05, 0.1) is 38.6 Å². The summed E-state index contributed by atoms with van der Waals surface area (Å²) in [7, 11) is 0. The number of aromatic nitrogens is 5. The predicted octanol–water partition coefficient (Wildman–Crippen LogP) is 4.80. The number of alkyl halides is 1. The Bertz CT molecular complexity index is 2270. The number of anilines is 1. The quantitative estimate of drug-likeness (QED) is 0.106. The Kier molecular flexibility index (Phi) is 11.7. The molecule has 3 aromatic heterocycles. The number of nitrogens with one attached hydrogen (secondary N) is 1. The van der Waals surface area contributed by atoms with E-state index in [9.17, 15) is 19.7 Å². The zero-order chi connectivity index (χ0) is 38.9. The van der Waals surface area contributed by atoms with Crippen LogP contribution in [-0.2, 0) is 55.7 Å². The number of carbonyl (C=O) groups excluding carboxylic acids is 2. The van der Waals surface area contributed by atoms with Gasteiger partial charge in [0.15, 0.2) is 35.2 Å². The van der Waals surface area contributed by atoms with Crippen LogP contribution in [0, 0.1) is 11.3 Å². The highest BCUT2D eigenvalue weighted by Crippen LogP contribution is 2.57. The SMILES string of the molecule is C=C1[C@H]2OP(O)(=S)OC[C@H]3O[C@@H](n4cnc5c(NC(=O)c6ccccc6)ncnc54)[C@H](F)[C@@H]3OP(=S)(OCCC#N)OC[C@H]1O[C@H]2c1ccnc(C(C)=O)c1. The summed E-state index contributed by atoms with van der Waals surface area (Å²) >= 11 is 11.2. The van der Waals surface area contributed by atoms with Crippen LogP contribution in [0.5, 0.6) is 0 Å². The molecule has 17 nitrogen and oxygen atoms in total. The highest BCUT2D eigenvalue weighted by Gasteiger charge is 2.52. The lowest BCUT2D eigenvalue weighted by Crippen LogP contribution is -2.34. The molecule has 3 aliphatic rings. The Balaban J connectivity index is 1.19. The summed E-state index contributed by atoms with van der Waals surface area (Å²) < 4.78 is 60.3. The van der Waals surface area contributed by atoms with E-state index in [-0.39, 0.29) is 48.1 Å². The molecule has 55 heavy (non-hydrogen) atoms. The van der Waals surface area contributed by atoms with Gasteiger partial charge >= 0.3 is 13.4 Å². The molecular weight excluding hydrogens is 799 g/mol. The molecule has 2 N–H and O–H groups in total. The number of benzene rings is 1. The van der Waals surface area contributed by atoms with Crippen LogP contribution in [0.1, 0.15) is 52.1 Å². The van der Waals surface area contributed by atoms with Crippen LogP contribution in [0.3, 0.4) is 0 Å². The van der Waals surface area contributed by atoms with Gasteiger partial charge in [-0.2, -0.15) is 5.26 Å². The van der Waals surface area contributed by atoms with Crippen molar-refractivity contribution in [2.45, 2.75) is 56.3 Å². The highest BCUT2D eigenvalue weighted by molar-refractivity contribution is 8.07. The Morgan fingerprint density at radius 3 is 2.67 bits per heavy atom. The van der Waals surface area contributed by atoms with Crippen molar-refractivity contribution < 1.29 is 51.0 Å². The topological polar surface area (TPSA) is 211 Å². The van der Waals surface area contributed by atoms with Gasteiger partial charge in [0.25, 0.3) is 5.91 Å². The number of rotatable bonds is 8. The number of hydrogen-bond donors (Lipinski definition) is 2. The van der Waals surface area contributed by atoms with Gasteiger partial charge < -0.3 is 33.3 Å². The van der Waals surface area contributed by atoms with Crippen molar-refractivity contribution in [3.63, 3.8) is 0 Å². The lowest BCUT2D eigenvalue weighted by molar-refractivity contribution is -0.0495. The van der Waals surface area contributed by atoms with Crippen molar-refractivity contribution in [2.75, 3.05) is 25.1 Å². The molecule has 6 heterocycles. The lowest BCUT2D eigenvalue weighted by atomic mass is 10.0. The van der Waals surface area contributed by atoms with Gasteiger partial charge in [-0.15, -0.1) is 0 Å². The molecule has 0 spiro atoms. The number of Topliss-reactive ketones (excluding diaryl/α,β-unsaturated/α-hetero) is 1. The molecule has 1 aromatic carbocycles. The Hall–Kier alpha value is -3.80. The molecule has 0 radical (unpaired) electrons. The highest BCUT2D eigenvalue weighted by atomic mass is 32.5. The summed E-state index contributed by atoms with van der Waals surface area (Å²) in [6, 6.07) is 13.5. The first-order valence-corrected chi connectivity index (χ1v) is 21.8. The summed E-state index contributed by atoms with van der Waals surface area (Å²) in [5, 5.41) is 11.9. The first kappa shape index (κ1) is 39.4. The van der Waals surface area contributed by atoms with Crippen LogP contribution in [0.4, 0.5) is 10.2 Å². The van der Waals surface area contributed by atoms with Crippen LogP contribution < -0.4 is 5.32 Å². The van der Waals surface area contributed by atoms with E-state index in [2.05, 4.69) is 31.8 Å². The van der Waals surface area contributed by atoms with Crippen molar-refractivity contribution in [3.05, 3.63) is 90.3 Å². The molecule has 2 bridgehead atoms. The number of ketones is 1. The van der Waals surface area contributed by atoms with Crippen molar-refractivity contribution in [1.29, 1.82) is 5.26 Å². The number of pyridine rings is 1. The number of nitriles is 1. The minimum absolute atomic E-state index is 0.0714. The lowest BCUT2D eigenvalue weighted by Gasteiger charge is -2.29. The van der Waals surface area contributed by atoms with Gasteiger partial charge in [-0.3, -0.25) is 28.2 Å². The second-order valence-electron chi connectivity index (χ2n) is 12.4. The number of imidazole rings is 1. The summed E-state index contributed by atoms with van der Waals surface area (Å²) in [5.41, 5.74) is 1.56. The van der Waals surface area contributed by atoms with Gasteiger partial charge in [-0.05, 0) is 59.0 Å². The Morgan fingerprint density at radius 2 is 1.91 bits per heavy atom. The van der Waals surface area contributed by atoms with Crippen LogP contribution in [0.2, 0.25) is 0 Å². The van der Waals surface area contributed by atoms with Crippen molar-refractivity contribution in [3.8, 4) is 6.07 Å². The van der Waals surface area contributed by atoms with E-state index in [1.807, 2.05) is 6.07 Å². The predicted molar refractivity (Wildman–Crippen MR) is 198 cm³/mol. The number of nitrogens with zero attached hydrogens (tertiary/aromatic N) is 6. The number of halogens is 1. The van der Waals surface area contributed by atoms with Gasteiger partial charge in [0.1, 0.15) is 42.5 Å². The number of ether oxygens (including phenoxy) is 2. The van der Waals surface area contributed by atoms with E-state index >= 15 is 4.39 Å². The molecule has 288 valence electrons. The largest absolute Gasteiger partial charge is 0.360 e. The molecular formula is C33H32FN7O10P2S2. The number of fused-ring (bicyclic) bond motifs is 4. The molecule has 2 unspecified atom stereocenters. The monoisotopic (exact) mass is 831 g/mol. The van der Waals surface area contributed by atoms with Crippen molar-refractivity contribution in [1.82, 2.24) is 24.5 Å². The third kappa shape index (κ3) is 8.49. The molecule has 3 saturated heterocycles. The summed E-state index contributed by atoms with van der Waals surface area (Å²) in [6.07, 6.45) is -5.51. The Morgan fingerprint density at radius 1 is 1.11 bits per heavy atom. The van der Waals surface area contributed by atoms with Crippen LogP contribution in [0.15, 0.2) is 73.5 Å². The Labute approximate surface area is 323 Å². The molecule has 4 aromatic rings. The normalized spacial score (nSPS) is 31.1. The zero-order valence-electron chi connectivity index (χ0n) is 28.7. The smallest absolute Gasteiger partial charge is 0.327 e. The van der Waals surface area contributed by atoms with E-state index in [1.54, 1.807) is 36.4 Å². The average Bonchev–Trinajstić information content (AvgIpc) is 3.83. The zero-order valence-corrected chi connectivity index (χ0v) is 32.2. The minimum Gasteiger partial charge on any atom is -0.360 e. The third-order valence-electron chi connectivity index (χ3n) is 8.75. The third-order valence-corrected chi connectivity index (χ3v) is 12.7. The summed E-state index contributed by atoms with van der Waals surface area (Å²) in [5.74, 6) is -0.667. The summed E-state index contributed by atoms with van der Waals surface area (Å²) in [6.45, 7) is -3.69. The van der Waals surface area contributed by atoms with Crippen LogP contribution in [0.25, 0.3) is 11.2 Å². The van der Waals surface area contributed by atoms with E-state index < -0.39 is 68.9 Å².